The molecule has 1 fully saturated rings. The average molecular weight is 369 g/mol. The molecule has 0 unspecified atom stereocenters. The van der Waals surface area contributed by atoms with E-state index in [1.807, 2.05) is 49.1 Å². The second-order valence-corrected chi connectivity index (χ2v) is 7.96. The summed E-state index contributed by atoms with van der Waals surface area (Å²) in [5.41, 5.74) is 1.06. The Balaban J connectivity index is 1.77. The molecule has 1 heterocycles. The molecule has 7 nitrogen and oxygen atoms in total. The Hall–Kier alpha value is -1.48. The average Bonchev–Trinajstić information content (AvgIpc) is 2.62. The lowest BCUT2D eigenvalue weighted by molar-refractivity contribution is -0.122. The normalized spacial score (nSPS) is 16.9. The second kappa shape index (κ2) is 9.28. The van der Waals surface area contributed by atoms with Crippen LogP contribution in [0.1, 0.15) is 19.4 Å². The van der Waals surface area contributed by atoms with Crippen LogP contribution in [0.5, 0.6) is 0 Å². The van der Waals surface area contributed by atoms with Crippen LogP contribution in [-0.2, 0) is 21.5 Å². The summed E-state index contributed by atoms with van der Waals surface area (Å²) in [7, 11) is -3.38. The van der Waals surface area contributed by atoms with Gasteiger partial charge in [0.1, 0.15) is 0 Å². The zero-order valence-corrected chi connectivity index (χ0v) is 15.8. The third kappa shape index (κ3) is 5.50. The van der Waals surface area contributed by atoms with E-state index >= 15 is 0 Å². The van der Waals surface area contributed by atoms with Gasteiger partial charge in [-0.1, -0.05) is 44.2 Å². The maximum absolute atomic E-state index is 12.5. The quantitative estimate of drug-likeness (QED) is 0.726. The topological polar surface area (TPSA) is 73.0 Å². The van der Waals surface area contributed by atoms with Crippen molar-refractivity contribution in [2.45, 2.75) is 20.4 Å². The van der Waals surface area contributed by atoms with Crippen molar-refractivity contribution in [3.63, 3.8) is 0 Å². The Morgan fingerprint density at radius 3 is 2.24 bits per heavy atom. The molecule has 25 heavy (non-hydrogen) atoms. The van der Waals surface area contributed by atoms with Gasteiger partial charge in [-0.05, 0) is 5.56 Å². The lowest BCUT2D eigenvalue weighted by Gasteiger charge is -2.35. The predicted octanol–water partition coefficient (Wildman–Crippen LogP) is 0.507. The lowest BCUT2D eigenvalue weighted by atomic mass is 10.2. The Labute approximate surface area is 150 Å². The number of nitrogens with one attached hydrogen (secondary N) is 1. The van der Waals surface area contributed by atoms with Crippen LogP contribution < -0.4 is 5.32 Å². The summed E-state index contributed by atoms with van der Waals surface area (Å²) in [6, 6.07) is 9.76. The molecule has 1 aliphatic rings. The fourth-order valence-electron chi connectivity index (χ4n) is 2.89. The van der Waals surface area contributed by atoms with Gasteiger partial charge in [-0.15, -0.1) is 0 Å². The lowest BCUT2D eigenvalue weighted by Crippen LogP contribution is -2.54. The molecular formula is C17H28N4O3S. The van der Waals surface area contributed by atoms with E-state index in [4.69, 9.17) is 0 Å². The molecular weight excluding hydrogens is 340 g/mol. The molecule has 1 saturated heterocycles. The molecule has 0 aliphatic carbocycles. The molecule has 1 aliphatic heterocycles. The van der Waals surface area contributed by atoms with Crippen molar-refractivity contribution in [1.82, 2.24) is 18.8 Å². The molecule has 0 saturated carbocycles. The molecule has 0 spiro atoms. The van der Waals surface area contributed by atoms with Gasteiger partial charge in [-0.3, -0.25) is 9.69 Å². The highest BCUT2D eigenvalue weighted by Crippen LogP contribution is 2.12. The van der Waals surface area contributed by atoms with E-state index in [1.54, 1.807) is 0 Å². The Morgan fingerprint density at radius 2 is 1.68 bits per heavy atom. The van der Waals surface area contributed by atoms with Crippen LogP contribution in [0.3, 0.4) is 0 Å². The summed E-state index contributed by atoms with van der Waals surface area (Å²) in [5.74, 6) is -0.0381. The number of carbonyl (C=O) groups excluding carboxylic acids is 1. The highest BCUT2D eigenvalue weighted by atomic mass is 32.2. The van der Waals surface area contributed by atoms with Crippen LogP contribution in [0.4, 0.5) is 0 Å². The van der Waals surface area contributed by atoms with Crippen molar-refractivity contribution < 1.29 is 13.2 Å². The number of amides is 1. The minimum atomic E-state index is -3.38. The van der Waals surface area contributed by atoms with Crippen LogP contribution >= 0.6 is 0 Å². The van der Waals surface area contributed by atoms with Gasteiger partial charge < -0.3 is 5.32 Å². The zero-order chi connectivity index (χ0) is 18.3. The van der Waals surface area contributed by atoms with Crippen LogP contribution in [0.25, 0.3) is 0 Å². The number of rotatable bonds is 8. The van der Waals surface area contributed by atoms with Gasteiger partial charge in [0.15, 0.2) is 0 Å². The van der Waals surface area contributed by atoms with Crippen molar-refractivity contribution in [3.8, 4) is 0 Å². The van der Waals surface area contributed by atoms with Gasteiger partial charge >= 0.3 is 0 Å². The van der Waals surface area contributed by atoms with Crippen molar-refractivity contribution in [2.24, 2.45) is 0 Å². The highest BCUT2D eigenvalue weighted by Gasteiger charge is 2.31. The van der Waals surface area contributed by atoms with Crippen molar-refractivity contribution in [1.29, 1.82) is 0 Å². The summed E-state index contributed by atoms with van der Waals surface area (Å²) < 4.78 is 28.0. The Kier molecular flexibility index (Phi) is 7.37. The van der Waals surface area contributed by atoms with Gasteiger partial charge in [0.05, 0.1) is 6.54 Å². The van der Waals surface area contributed by atoms with Crippen LogP contribution in [0, 0.1) is 0 Å². The second-order valence-electron chi connectivity index (χ2n) is 6.03. The largest absolute Gasteiger partial charge is 0.351 e. The number of piperazine rings is 1. The molecule has 0 aromatic heterocycles. The summed E-state index contributed by atoms with van der Waals surface area (Å²) in [6.45, 7) is 7.42. The van der Waals surface area contributed by atoms with Crippen molar-refractivity contribution >= 4 is 16.1 Å². The standard InChI is InChI=1S/C17H28N4O3S/c1-3-20(4-2)25(23,24)21-12-10-19(11-13-21)15-17(22)18-14-16-8-6-5-7-9-16/h5-9H,3-4,10-15H2,1-2H3,(H,18,22). The molecule has 1 aromatic rings. The first-order valence-electron chi connectivity index (χ1n) is 8.75. The Bertz CT molecular complexity index is 639. The third-order valence-electron chi connectivity index (χ3n) is 4.39. The van der Waals surface area contributed by atoms with E-state index in [-0.39, 0.29) is 5.91 Å². The molecule has 140 valence electrons. The van der Waals surface area contributed by atoms with Gasteiger partial charge in [0, 0.05) is 45.8 Å². The molecule has 0 radical (unpaired) electrons. The fraction of sp³-hybridized carbons (Fsp3) is 0.588. The van der Waals surface area contributed by atoms with E-state index in [9.17, 15) is 13.2 Å². The summed E-state index contributed by atoms with van der Waals surface area (Å²) in [4.78, 5) is 14.1. The van der Waals surface area contributed by atoms with Gasteiger partial charge in [-0.2, -0.15) is 17.0 Å². The van der Waals surface area contributed by atoms with Crippen molar-refractivity contribution in [2.75, 3.05) is 45.8 Å². The number of nitrogens with zero attached hydrogens (tertiary/aromatic N) is 3. The minimum Gasteiger partial charge on any atom is -0.351 e. The number of hydrogen-bond acceptors (Lipinski definition) is 4. The third-order valence-corrected chi connectivity index (χ3v) is 6.58. The summed E-state index contributed by atoms with van der Waals surface area (Å²) in [5, 5.41) is 2.90. The first-order valence-corrected chi connectivity index (χ1v) is 10.1. The number of carbonyl (C=O) groups is 1. The van der Waals surface area contributed by atoms with E-state index in [2.05, 4.69) is 5.32 Å². The van der Waals surface area contributed by atoms with E-state index in [1.165, 1.54) is 8.61 Å². The zero-order valence-electron chi connectivity index (χ0n) is 15.0. The maximum Gasteiger partial charge on any atom is 0.282 e. The first kappa shape index (κ1) is 19.8. The minimum absolute atomic E-state index is 0.0381. The van der Waals surface area contributed by atoms with E-state index < -0.39 is 10.2 Å². The number of hydrogen-bond donors (Lipinski definition) is 1. The SMILES string of the molecule is CCN(CC)S(=O)(=O)N1CCN(CC(=O)NCc2ccccc2)CC1. The molecule has 2 rings (SSSR count). The van der Waals surface area contributed by atoms with Gasteiger partial charge in [0.25, 0.3) is 10.2 Å². The van der Waals surface area contributed by atoms with Crippen molar-refractivity contribution in [3.05, 3.63) is 35.9 Å². The highest BCUT2D eigenvalue weighted by molar-refractivity contribution is 7.86. The Morgan fingerprint density at radius 1 is 1.08 bits per heavy atom. The van der Waals surface area contributed by atoms with Crippen LogP contribution in [0.2, 0.25) is 0 Å². The number of benzene rings is 1. The molecule has 1 amide bonds. The summed E-state index contributed by atoms with van der Waals surface area (Å²) >= 11 is 0. The molecule has 1 aromatic carbocycles. The summed E-state index contributed by atoms with van der Waals surface area (Å²) in [6.07, 6.45) is 0. The monoisotopic (exact) mass is 368 g/mol. The van der Waals surface area contributed by atoms with E-state index in [0.29, 0.717) is 52.4 Å². The van der Waals surface area contributed by atoms with Gasteiger partial charge in [-0.25, -0.2) is 0 Å². The smallest absolute Gasteiger partial charge is 0.282 e. The van der Waals surface area contributed by atoms with E-state index in [0.717, 1.165) is 5.56 Å². The fourth-order valence-corrected chi connectivity index (χ4v) is 4.49. The molecule has 0 bridgehead atoms. The van der Waals surface area contributed by atoms with Crippen LogP contribution in [-0.4, -0.2) is 73.6 Å². The predicted molar refractivity (Wildman–Crippen MR) is 98.1 cm³/mol. The van der Waals surface area contributed by atoms with Gasteiger partial charge in [0.2, 0.25) is 5.91 Å². The molecule has 1 N–H and O–H groups in total. The first-order chi connectivity index (χ1) is 12.0. The molecule has 0 atom stereocenters. The van der Waals surface area contributed by atoms with Crippen LogP contribution in [0.15, 0.2) is 30.3 Å². The molecule has 8 heteroatoms. The maximum atomic E-state index is 12.5.